The summed E-state index contributed by atoms with van der Waals surface area (Å²) < 4.78 is 16.2. The van der Waals surface area contributed by atoms with Crippen LogP contribution in [-0.4, -0.2) is 36.7 Å². The minimum atomic E-state index is -0.173. The number of rotatable bonds is 5. The number of benzene rings is 1. The van der Waals surface area contributed by atoms with E-state index in [1.165, 1.54) is 11.3 Å². The van der Waals surface area contributed by atoms with Crippen LogP contribution in [0.1, 0.15) is 24.4 Å². The Bertz CT molecular complexity index is 954. The average Bonchev–Trinajstić information content (AvgIpc) is 3.48. The molecule has 0 saturated carbocycles. The number of amides is 2. The van der Waals surface area contributed by atoms with Crippen molar-refractivity contribution in [1.29, 1.82) is 0 Å². The number of nitrogens with zero attached hydrogens (tertiary/aromatic N) is 2. The molecule has 4 rings (SSSR count). The molecule has 1 fully saturated rings. The van der Waals surface area contributed by atoms with E-state index in [0.717, 1.165) is 29.9 Å². The molecule has 0 aliphatic carbocycles. The molecule has 0 spiro atoms. The van der Waals surface area contributed by atoms with Crippen LogP contribution in [0.3, 0.4) is 0 Å². The molecule has 7 nitrogen and oxygen atoms in total. The summed E-state index contributed by atoms with van der Waals surface area (Å²) in [5, 5.41) is 5.32. The number of carbonyl (C=O) groups is 1. The maximum Gasteiger partial charge on any atom is 0.324 e. The number of hydrogen-bond acceptors (Lipinski definition) is 6. The Labute approximate surface area is 166 Å². The number of anilines is 1. The van der Waals surface area contributed by atoms with Crippen LogP contribution in [0, 0.1) is 0 Å². The molecule has 146 valence electrons. The molecule has 28 heavy (non-hydrogen) atoms. The van der Waals surface area contributed by atoms with Crippen molar-refractivity contribution in [1.82, 2.24) is 9.88 Å². The maximum atomic E-state index is 12.9. The first-order chi connectivity index (χ1) is 13.7. The molecule has 3 aromatic rings. The molecule has 1 aromatic carbocycles. The summed E-state index contributed by atoms with van der Waals surface area (Å²) >= 11 is 1.37. The van der Waals surface area contributed by atoms with Crippen LogP contribution < -0.4 is 14.8 Å². The molecular weight excluding hydrogens is 378 g/mol. The molecule has 0 radical (unpaired) electrons. The number of ether oxygens (including phenoxy) is 2. The van der Waals surface area contributed by atoms with Gasteiger partial charge in [0.25, 0.3) is 0 Å². The molecule has 0 unspecified atom stereocenters. The number of nitrogens with one attached hydrogen (secondary N) is 1. The lowest BCUT2D eigenvalue weighted by atomic mass is 10.0. The second-order valence-electron chi connectivity index (χ2n) is 6.40. The van der Waals surface area contributed by atoms with Crippen molar-refractivity contribution in [2.45, 2.75) is 18.9 Å². The van der Waals surface area contributed by atoms with Gasteiger partial charge in [0.2, 0.25) is 0 Å². The number of hydrogen-bond donors (Lipinski definition) is 1. The van der Waals surface area contributed by atoms with Crippen molar-refractivity contribution >= 4 is 22.5 Å². The van der Waals surface area contributed by atoms with Gasteiger partial charge in [-0.25, -0.2) is 9.78 Å². The molecule has 1 aliphatic heterocycles. The fourth-order valence-electron chi connectivity index (χ4n) is 3.46. The Hall–Kier alpha value is -3.00. The van der Waals surface area contributed by atoms with Crippen LogP contribution in [0.25, 0.3) is 11.5 Å². The fraction of sp³-hybridized carbons (Fsp3) is 0.300. The summed E-state index contributed by atoms with van der Waals surface area (Å²) in [6.45, 7) is 0.674. The van der Waals surface area contributed by atoms with Gasteiger partial charge in [-0.05, 0) is 43.2 Å². The highest BCUT2D eigenvalue weighted by atomic mass is 32.1. The summed E-state index contributed by atoms with van der Waals surface area (Å²) in [4.78, 5) is 19.2. The van der Waals surface area contributed by atoms with E-state index in [1.54, 1.807) is 20.5 Å². The second-order valence-corrected chi connectivity index (χ2v) is 7.26. The number of aromatic nitrogens is 1. The van der Waals surface area contributed by atoms with E-state index in [4.69, 9.17) is 13.9 Å². The van der Waals surface area contributed by atoms with Crippen molar-refractivity contribution in [2.24, 2.45) is 0 Å². The molecule has 3 heterocycles. The summed E-state index contributed by atoms with van der Waals surface area (Å²) in [5.41, 5.74) is 1.66. The first-order valence-corrected chi connectivity index (χ1v) is 9.86. The van der Waals surface area contributed by atoms with Crippen LogP contribution in [-0.2, 0) is 0 Å². The zero-order valence-corrected chi connectivity index (χ0v) is 16.5. The lowest BCUT2D eigenvalue weighted by Crippen LogP contribution is -2.34. The molecular formula is C20H21N3O4S. The molecule has 2 aromatic heterocycles. The van der Waals surface area contributed by atoms with Crippen molar-refractivity contribution in [3.8, 4) is 23.0 Å². The van der Waals surface area contributed by atoms with Crippen molar-refractivity contribution in [3.63, 3.8) is 0 Å². The van der Waals surface area contributed by atoms with Gasteiger partial charge in [0.1, 0.15) is 17.2 Å². The van der Waals surface area contributed by atoms with Crippen LogP contribution in [0.2, 0.25) is 0 Å². The van der Waals surface area contributed by atoms with E-state index in [-0.39, 0.29) is 12.1 Å². The monoisotopic (exact) mass is 399 g/mol. The van der Waals surface area contributed by atoms with Gasteiger partial charge in [0.05, 0.1) is 26.5 Å². The van der Waals surface area contributed by atoms with Gasteiger partial charge >= 0.3 is 6.03 Å². The van der Waals surface area contributed by atoms with Crippen LogP contribution in [0.15, 0.2) is 46.4 Å². The number of carbonyl (C=O) groups excluding carboxylic acids is 1. The first-order valence-electron chi connectivity index (χ1n) is 8.98. The Morgan fingerprint density at radius 1 is 1.32 bits per heavy atom. The highest BCUT2D eigenvalue weighted by Gasteiger charge is 2.32. The van der Waals surface area contributed by atoms with E-state index >= 15 is 0 Å². The average molecular weight is 399 g/mol. The minimum absolute atomic E-state index is 0.0745. The fourth-order valence-corrected chi connectivity index (χ4v) is 4.15. The van der Waals surface area contributed by atoms with Crippen LogP contribution in [0.5, 0.6) is 11.5 Å². The van der Waals surface area contributed by atoms with Gasteiger partial charge < -0.3 is 18.8 Å². The highest BCUT2D eigenvalue weighted by Crippen LogP contribution is 2.39. The summed E-state index contributed by atoms with van der Waals surface area (Å²) in [6, 6.07) is 9.07. The third-order valence-electron chi connectivity index (χ3n) is 4.80. The zero-order valence-electron chi connectivity index (χ0n) is 15.7. The molecule has 1 aliphatic rings. The predicted molar refractivity (Wildman–Crippen MR) is 107 cm³/mol. The summed E-state index contributed by atoms with van der Waals surface area (Å²) in [5.74, 6) is 2.17. The van der Waals surface area contributed by atoms with Crippen molar-refractivity contribution < 1.29 is 18.7 Å². The molecule has 0 bridgehead atoms. The largest absolute Gasteiger partial charge is 0.497 e. The van der Waals surface area contributed by atoms with Gasteiger partial charge in [-0.2, -0.15) is 0 Å². The quantitative estimate of drug-likeness (QED) is 0.667. The van der Waals surface area contributed by atoms with Crippen molar-refractivity contribution in [2.75, 3.05) is 26.1 Å². The second kappa shape index (κ2) is 7.93. The number of urea groups is 1. The van der Waals surface area contributed by atoms with Gasteiger partial charge in [-0.15, -0.1) is 11.3 Å². The standard InChI is InChI=1S/C20H21N3O4S/c1-25-13-7-8-17(26-2)14(11-13)16-5-3-9-23(16)20(24)22-19-21-15(12-28-19)18-6-4-10-27-18/h4,6-8,10-12,16H,3,5,9H2,1-2H3,(H,21,22,24)/t16-/m0/s1. The number of likely N-dealkylation sites (tertiary alicyclic amines) is 1. The SMILES string of the molecule is COc1ccc(OC)c([C@@H]2CCCN2C(=O)Nc2nc(-c3ccco3)cs2)c1. The zero-order chi connectivity index (χ0) is 19.5. The third-order valence-corrected chi connectivity index (χ3v) is 5.56. The normalized spacial score (nSPS) is 16.2. The van der Waals surface area contributed by atoms with E-state index in [1.807, 2.05) is 40.6 Å². The number of furan rings is 1. The van der Waals surface area contributed by atoms with E-state index < -0.39 is 0 Å². The van der Waals surface area contributed by atoms with Gasteiger partial charge in [0, 0.05) is 17.5 Å². The lowest BCUT2D eigenvalue weighted by molar-refractivity contribution is 0.206. The highest BCUT2D eigenvalue weighted by molar-refractivity contribution is 7.14. The van der Waals surface area contributed by atoms with Crippen LogP contribution >= 0.6 is 11.3 Å². The van der Waals surface area contributed by atoms with Gasteiger partial charge in [-0.3, -0.25) is 5.32 Å². The third kappa shape index (κ3) is 3.55. The minimum Gasteiger partial charge on any atom is -0.497 e. The van der Waals surface area contributed by atoms with E-state index in [2.05, 4.69) is 10.3 Å². The summed E-state index contributed by atoms with van der Waals surface area (Å²) in [6.07, 6.45) is 3.39. The van der Waals surface area contributed by atoms with Crippen LogP contribution in [0.4, 0.5) is 9.93 Å². The number of thiazole rings is 1. The Morgan fingerprint density at radius 2 is 2.21 bits per heavy atom. The topological polar surface area (TPSA) is 76.8 Å². The molecule has 1 atom stereocenters. The summed E-state index contributed by atoms with van der Waals surface area (Å²) in [7, 11) is 3.26. The predicted octanol–water partition coefficient (Wildman–Crippen LogP) is 4.79. The molecule has 8 heteroatoms. The van der Waals surface area contributed by atoms with E-state index in [0.29, 0.717) is 23.1 Å². The molecule has 1 saturated heterocycles. The van der Waals surface area contributed by atoms with Crippen molar-refractivity contribution in [3.05, 3.63) is 47.5 Å². The lowest BCUT2D eigenvalue weighted by Gasteiger charge is -2.26. The Morgan fingerprint density at radius 3 is 2.96 bits per heavy atom. The Kier molecular flexibility index (Phi) is 5.21. The molecule has 1 N–H and O–H groups in total. The number of methoxy groups -OCH3 is 2. The maximum absolute atomic E-state index is 12.9. The smallest absolute Gasteiger partial charge is 0.324 e. The van der Waals surface area contributed by atoms with Gasteiger partial charge in [0.15, 0.2) is 10.9 Å². The van der Waals surface area contributed by atoms with E-state index in [9.17, 15) is 4.79 Å². The first kappa shape index (κ1) is 18.4. The Balaban J connectivity index is 1.53. The molecule has 2 amide bonds. The van der Waals surface area contributed by atoms with Gasteiger partial charge in [-0.1, -0.05) is 0 Å².